The fraction of sp³-hybridized carbons (Fsp3) is 0.500. The van der Waals surface area contributed by atoms with E-state index in [1.54, 1.807) is 18.2 Å². The zero-order valence-corrected chi connectivity index (χ0v) is 11.6. The summed E-state index contributed by atoms with van der Waals surface area (Å²) in [6, 6.07) is 6.59. The minimum absolute atomic E-state index is 0.00646. The van der Waals surface area contributed by atoms with Crippen LogP contribution in [0.25, 0.3) is 0 Å². The summed E-state index contributed by atoms with van der Waals surface area (Å²) in [5.74, 6) is 0.194. The smallest absolute Gasteiger partial charge is 0.250 e. The topological polar surface area (TPSA) is 58.6 Å². The number of anilines is 1. The molecule has 0 aromatic heterocycles. The molecule has 0 saturated heterocycles. The first-order valence-corrected chi connectivity index (χ1v) is 6.25. The van der Waals surface area contributed by atoms with E-state index in [4.69, 9.17) is 4.74 Å². The molecule has 0 heterocycles. The van der Waals surface area contributed by atoms with Crippen molar-refractivity contribution < 1.29 is 14.6 Å². The number of ether oxygens (including phenoxy) is 1. The second-order valence-corrected chi connectivity index (χ2v) is 3.97. The van der Waals surface area contributed by atoms with Gasteiger partial charge in [0.2, 0.25) is 5.91 Å². The van der Waals surface area contributed by atoms with Crippen LogP contribution in [-0.2, 0) is 9.53 Å². The predicted molar refractivity (Wildman–Crippen MR) is 73.7 cm³/mol. The van der Waals surface area contributed by atoms with Gasteiger partial charge in [0, 0.05) is 6.61 Å². The van der Waals surface area contributed by atoms with Crippen LogP contribution in [0.3, 0.4) is 0 Å². The number of para-hydroxylation sites is 2. The molecule has 4 heteroatoms. The molecule has 0 saturated carbocycles. The van der Waals surface area contributed by atoms with E-state index >= 15 is 0 Å². The van der Waals surface area contributed by atoms with E-state index in [1.165, 1.54) is 6.07 Å². The van der Waals surface area contributed by atoms with Crippen LogP contribution in [-0.4, -0.2) is 24.2 Å². The summed E-state index contributed by atoms with van der Waals surface area (Å²) in [7, 11) is 0. The van der Waals surface area contributed by atoms with Gasteiger partial charge in [-0.25, -0.2) is 0 Å². The number of amides is 1. The van der Waals surface area contributed by atoms with E-state index in [-0.39, 0.29) is 18.3 Å². The molecule has 0 aliphatic rings. The molecule has 0 fully saturated rings. The molecule has 0 aliphatic heterocycles. The van der Waals surface area contributed by atoms with Crippen LogP contribution in [0.1, 0.15) is 27.7 Å². The van der Waals surface area contributed by atoms with Crippen molar-refractivity contribution in [3.8, 4) is 5.75 Å². The molecular formula is C14H23NO3. The van der Waals surface area contributed by atoms with Gasteiger partial charge >= 0.3 is 0 Å². The van der Waals surface area contributed by atoms with Crippen LogP contribution in [0.2, 0.25) is 0 Å². The number of phenolic OH excluding ortho intramolecular Hbond substituents is 1. The van der Waals surface area contributed by atoms with E-state index in [0.29, 0.717) is 18.2 Å². The van der Waals surface area contributed by atoms with Crippen LogP contribution in [0.15, 0.2) is 24.3 Å². The minimum atomic E-state index is -0.262. The average molecular weight is 253 g/mol. The summed E-state index contributed by atoms with van der Waals surface area (Å²) < 4.78 is 5.18. The zero-order chi connectivity index (χ0) is 14.0. The monoisotopic (exact) mass is 253 g/mol. The molecule has 1 amide bonds. The van der Waals surface area contributed by atoms with Crippen molar-refractivity contribution in [2.45, 2.75) is 27.7 Å². The molecule has 0 unspecified atom stereocenters. The molecule has 0 aliphatic carbocycles. The number of carbonyl (C=O) groups excluding carboxylic acids is 1. The van der Waals surface area contributed by atoms with Crippen molar-refractivity contribution in [1.82, 2.24) is 0 Å². The number of hydrogen-bond acceptors (Lipinski definition) is 3. The number of phenols is 1. The van der Waals surface area contributed by atoms with Gasteiger partial charge in [-0.15, -0.1) is 0 Å². The SMILES string of the molecule is CC.CC(C)COCC(=O)Nc1ccccc1O. The average Bonchev–Trinajstić information content (AvgIpc) is 2.34. The minimum Gasteiger partial charge on any atom is -0.506 e. The largest absolute Gasteiger partial charge is 0.506 e. The third-order valence-electron chi connectivity index (χ3n) is 1.86. The van der Waals surface area contributed by atoms with Crippen LogP contribution in [0.4, 0.5) is 5.69 Å². The lowest BCUT2D eigenvalue weighted by atomic mass is 10.2. The molecule has 0 spiro atoms. The zero-order valence-electron chi connectivity index (χ0n) is 11.6. The molecule has 2 N–H and O–H groups in total. The van der Waals surface area contributed by atoms with Crippen LogP contribution >= 0.6 is 0 Å². The Morgan fingerprint density at radius 2 is 1.94 bits per heavy atom. The molecule has 1 aromatic rings. The van der Waals surface area contributed by atoms with Crippen molar-refractivity contribution in [1.29, 1.82) is 0 Å². The first-order chi connectivity index (χ1) is 8.59. The molecule has 4 nitrogen and oxygen atoms in total. The second kappa shape index (κ2) is 9.48. The first kappa shape index (κ1) is 16.4. The van der Waals surface area contributed by atoms with E-state index in [0.717, 1.165) is 0 Å². The lowest BCUT2D eigenvalue weighted by Gasteiger charge is -2.08. The number of benzene rings is 1. The molecule has 102 valence electrons. The maximum atomic E-state index is 11.4. The Kier molecular flexibility index (Phi) is 8.66. The first-order valence-electron chi connectivity index (χ1n) is 6.25. The summed E-state index contributed by atoms with van der Waals surface area (Å²) >= 11 is 0. The standard InChI is InChI=1S/C12H17NO3.C2H6/c1-9(2)7-16-8-12(15)13-10-5-3-4-6-11(10)14;1-2/h3-6,9,14H,7-8H2,1-2H3,(H,13,15);1-2H3. The van der Waals surface area contributed by atoms with E-state index < -0.39 is 0 Å². The second-order valence-electron chi connectivity index (χ2n) is 3.97. The third kappa shape index (κ3) is 6.91. The van der Waals surface area contributed by atoms with Gasteiger partial charge in [-0.1, -0.05) is 39.8 Å². The van der Waals surface area contributed by atoms with Gasteiger partial charge < -0.3 is 15.2 Å². The van der Waals surface area contributed by atoms with E-state index in [1.807, 2.05) is 27.7 Å². The number of aromatic hydroxyl groups is 1. The predicted octanol–water partition coefficient (Wildman–Crippen LogP) is 3.03. The van der Waals surface area contributed by atoms with E-state index in [2.05, 4.69) is 5.32 Å². The normalized spacial score (nSPS) is 9.61. The van der Waals surface area contributed by atoms with Crippen molar-refractivity contribution in [2.24, 2.45) is 5.92 Å². The van der Waals surface area contributed by atoms with Gasteiger partial charge in [0.1, 0.15) is 12.4 Å². The Balaban J connectivity index is 0.00000137. The summed E-state index contributed by atoms with van der Waals surface area (Å²) in [4.78, 5) is 11.4. The highest BCUT2D eigenvalue weighted by Gasteiger charge is 2.05. The summed E-state index contributed by atoms with van der Waals surface area (Å²) in [5, 5.41) is 12.0. The molecule has 18 heavy (non-hydrogen) atoms. The Hall–Kier alpha value is -1.55. The van der Waals surface area contributed by atoms with Crippen LogP contribution < -0.4 is 5.32 Å². The number of hydrogen-bond donors (Lipinski definition) is 2. The van der Waals surface area contributed by atoms with Gasteiger partial charge in [0.15, 0.2) is 0 Å². The molecule has 0 radical (unpaired) electrons. The van der Waals surface area contributed by atoms with Crippen molar-refractivity contribution in [3.63, 3.8) is 0 Å². The number of nitrogens with one attached hydrogen (secondary N) is 1. The number of rotatable bonds is 5. The lowest BCUT2D eigenvalue weighted by molar-refractivity contribution is -0.120. The Bertz CT molecular complexity index is 351. The molecule has 1 rings (SSSR count). The van der Waals surface area contributed by atoms with Gasteiger partial charge in [-0.3, -0.25) is 4.79 Å². The van der Waals surface area contributed by atoms with Gasteiger partial charge in [-0.05, 0) is 18.1 Å². The highest BCUT2D eigenvalue weighted by molar-refractivity contribution is 5.93. The maximum Gasteiger partial charge on any atom is 0.250 e. The van der Waals surface area contributed by atoms with Gasteiger partial charge in [-0.2, -0.15) is 0 Å². The Morgan fingerprint density at radius 3 is 2.50 bits per heavy atom. The summed E-state index contributed by atoms with van der Waals surface area (Å²) in [6.45, 7) is 8.59. The summed E-state index contributed by atoms with van der Waals surface area (Å²) in [5.41, 5.74) is 0.403. The maximum absolute atomic E-state index is 11.4. The van der Waals surface area contributed by atoms with Crippen LogP contribution in [0, 0.1) is 5.92 Å². The summed E-state index contributed by atoms with van der Waals surface area (Å²) in [6.07, 6.45) is 0. The molecular weight excluding hydrogens is 230 g/mol. The fourth-order valence-electron chi connectivity index (χ4n) is 1.15. The quantitative estimate of drug-likeness (QED) is 0.793. The fourth-order valence-corrected chi connectivity index (χ4v) is 1.15. The van der Waals surface area contributed by atoms with Crippen LogP contribution in [0.5, 0.6) is 5.75 Å². The molecule has 0 atom stereocenters. The third-order valence-corrected chi connectivity index (χ3v) is 1.86. The Morgan fingerprint density at radius 1 is 1.33 bits per heavy atom. The number of carbonyl (C=O) groups is 1. The van der Waals surface area contributed by atoms with Gasteiger partial charge in [0.25, 0.3) is 0 Å². The Labute approximate surface area is 109 Å². The van der Waals surface area contributed by atoms with E-state index in [9.17, 15) is 9.90 Å². The van der Waals surface area contributed by atoms with Crippen molar-refractivity contribution in [2.75, 3.05) is 18.5 Å². The van der Waals surface area contributed by atoms with Crippen molar-refractivity contribution >= 4 is 11.6 Å². The van der Waals surface area contributed by atoms with Crippen molar-refractivity contribution in [3.05, 3.63) is 24.3 Å². The molecule has 1 aromatic carbocycles. The highest BCUT2D eigenvalue weighted by Crippen LogP contribution is 2.21. The lowest BCUT2D eigenvalue weighted by Crippen LogP contribution is -2.19. The van der Waals surface area contributed by atoms with Gasteiger partial charge in [0.05, 0.1) is 5.69 Å². The molecule has 0 bridgehead atoms. The highest BCUT2D eigenvalue weighted by atomic mass is 16.5.